The number of carbonyl (C=O) groups excluding carboxylic acids is 6. The number of rotatable bonds is 12. The van der Waals surface area contributed by atoms with E-state index in [1.54, 1.807) is 85.7 Å². The molecule has 0 aromatic heterocycles. The van der Waals surface area contributed by atoms with Crippen LogP contribution in [0.4, 0.5) is 4.79 Å². The van der Waals surface area contributed by atoms with Crippen LogP contribution in [0.15, 0.2) is 65.3 Å². The predicted molar refractivity (Wildman–Crippen MR) is 232 cm³/mol. The summed E-state index contributed by atoms with van der Waals surface area (Å²) in [7, 11) is 2.77. The molecule has 5 aliphatic rings. The minimum absolute atomic E-state index is 0.0878. The van der Waals surface area contributed by atoms with Crippen molar-refractivity contribution in [3.05, 3.63) is 70.8 Å². The van der Waals surface area contributed by atoms with Crippen LogP contribution >= 0.6 is 0 Å². The number of allylic oxidation sites excluding steroid dienone is 2. The fraction of sp³-hybridized carbons (Fsp3) is 0.625. The van der Waals surface area contributed by atoms with Gasteiger partial charge in [-0.1, -0.05) is 57.2 Å². The largest absolute Gasteiger partial charge is 0.455 e. The van der Waals surface area contributed by atoms with E-state index in [-0.39, 0.29) is 24.2 Å². The zero-order valence-electron chi connectivity index (χ0n) is 39.1. The molecule has 3 unspecified atom stereocenters. The van der Waals surface area contributed by atoms with Crippen LogP contribution in [0.5, 0.6) is 0 Å². The quantitative estimate of drug-likeness (QED) is 0.150. The Labute approximate surface area is 379 Å². The van der Waals surface area contributed by atoms with Gasteiger partial charge in [-0.25, -0.2) is 14.4 Å². The third-order valence-corrected chi connectivity index (χ3v) is 14.5. The fourth-order valence-corrected chi connectivity index (χ4v) is 11.0. The third kappa shape index (κ3) is 8.21. The van der Waals surface area contributed by atoms with Gasteiger partial charge < -0.3 is 54.1 Å². The monoisotopic (exact) mass is 908 g/mol. The number of fused-ring (bicyclic) bond motifs is 5. The van der Waals surface area contributed by atoms with Crippen LogP contribution in [0.25, 0.3) is 0 Å². The summed E-state index contributed by atoms with van der Waals surface area (Å²) in [6.07, 6.45) is -3.10. The molecule has 17 nitrogen and oxygen atoms in total. The van der Waals surface area contributed by atoms with E-state index in [1.165, 1.54) is 33.3 Å². The number of aliphatic hydroxyl groups is 1. The lowest BCUT2D eigenvalue weighted by molar-refractivity contribution is -0.381. The summed E-state index contributed by atoms with van der Waals surface area (Å²) in [5.41, 5.74) is -3.33. The lowest BCUT2D eigenvalue weighted by Gasteiger charge is -2.72. The number of nitrogens with two attached hydrogens (primary N) is 1. The minimum Gasteiger partial charge on any atom is -0.455 e. The van der Waals surface area contributed by atoms with Gasteiger partial charge in [0.25, 0.3) is 0 Å². The Bertz CT molecular complexity index is 2160. The van der Waals surface area contributed by atoms with E-state index < -0.39 is 124 Å². The molecule has 1 aliphatic heterocycles. The molecule has 1 aromatic rings. The second-order valence-electron chi connectivity index (χ2n) is 19.5. The smallest absolute Gasteiger partial charge is 0.408 e. The first kappa shape index (κ1) is 49.5. The summed E-state index contributed by atoms with van der Waals surface area (Å²) in [5, 5.41) is 16.7. The molecule has 2 saturated carbocycles. The van der Waals surface area contributed by atoms with Gasteiger partial charge in [0.1, 0.15) is 41.7 Å². The van der Waals surface area contributed by atoms with Crippen LogP contribution < -0.4 is 11.1 Å². The number of hydrogen-bond acceptors (Lipinski definition) is 16. The molecule has 1 heterocycles. The van der Waals surface area contributed by atoms with E-state index >= 15 is 4.79 Å². The minimum atomic E-state index is -2.31. The van der Waals surface area contributed by atoms with Crippen LogP contribution in [0, 0.1) is 16.2 Å². The molecule has 356 valence electrons. The van der Waals surface area contributed by atoms with Crippen LogP contribution in [0.1, 0.15) is 98.4 Å². The van der Waals surface area contributed by atoms with E-state index in [2.05, 4.69) is 5.32 Å². The van der Waals surface area contributed by atoms with Crippen molar-refractivity contribution < 1.29 is 71.8 Å². The number of ketones is 1. The van der Waals surface area contributed by atoms with E-state index in [4.69, 9.17) is 43.6 Å². The molecule has 1 amide bonds. The highest BCUT2D eigenvalue weighted by Crippen LogP contribution is 2.70. The van der Waals surface area contributed by atoms with Crippen molar-refractivity contribution in [1.82, 2.24) is 5.32 Å². The van der Waals surface area contributed by atoms with Crippen LogP contribution in [0.2, 0.25) is 0 Å². The summed E-state index contributed by atoms with van der Waals surface area (Å²) < 4.78 is 48.9. The number of amides is 1. The number of esters is 4. The van der Waals surface area contributed by atoms with Gasteiger partial charge in [-0.3, -0.25) is 14.4 Å². The Hall–Kier alpha value is -4.94. The average molecular weight is 909 g/mol. The zero-order valence-corrected chi connectivity index (χ0v) is 39.1. The fourth-order valence-electron chi connectivity index (χ4n) is 11.0. The highest BCUT2D eigenvalue weighted by molar-refractivity contribution is 5.95. The van der Waals surface area contributed by atoms with E-state index in [0.717, 1.165) is 0 Å². The number of Topliss-reactive ketones (excluding diaryl/α,β-unsaturated/α-hetero) is 1. The summed E-state index contributed by atoms with van der Waals surface area (Å²) >= 11 is 0. The van der Waals surface area contributed by atoms with Gasteiger partial charge in [0.05, 0.1) is 35.6 Å². The second kappa shape index (κ2) is 18.0. The van der Waals surface area contributed by atoms with Crippen molar-refractivity contribution in [3.8, 4) is 0 Å². The topological polar surface area (TPSA) is 235 Å². The average Bonchev–Trinajstić information content (AvgIpc) is 3.24. The number of nitrogens with one attached hydrogen (secondary N) is 1. The van der Waals surface area contributed by atoms with E-state index in [9.17, 15) is 29.1 Å². The van der Waals surface area contributed by atoms with Gasteiger partial charge in [-0.15, -0.1) is 0 Å². The number of carbonyl (C=O) groups is 6. The number of alkyl carbamates (subject to hydrolysis) is 1. The highest BCUT2D eigenvalue weighted by atomic mass is 16.6. The number of ether oxygens (including phenoxy) is 8. The molecule has 4 aliphatic carbocycles. The maximum absolute atomic E-state index is 15.9. The maximum atomic E-state index is 15.9. The highest BCUT2D eigenvalue weighted by Gasteiger charge is 2.84. The molecule has 0 spiro atoms. The van der Waals surface area contributed by atoms with Gasteiger partial charge in [0, 0.05) is 39.4 Å². The summed E-state index contributed by atoms with van der Waals surface area (Å²) in [6.45, 7) is 13.6. The van der Waals surface area contributed by atoms with Crippen LogP contribution in [-0.2, 0) is 57.1 Å². The molecule has 0 radical (unpaired) electrons. The number of benzene rings is 1. The number of hydrogen-bond donors (Lipinski definition) is 3. The van der Waals surface area contributed by atoms with Gasteiger partial charge in [0.2, 0.25) is 6.10 Å². The summed E-state index contributed by atoms with van der Waals surface area (Å²) in [4.78, 5) is 84.9. The second-order valence-corrected chi connectivity index (χ2v) is 19.5. The van der Waals surface area contributed by atoms with Crippen molar-refractivity contribution in [2.24, 2.45) is 22.0 Å². The van der Waals surface area contributed by atoms with Crippen molar-refractivity contribution in [3.63, 3.8) is 0 Å². The standard InChI is InChI=1S/C48H64N2O15/c1-26-30(61-40(55)37(62-33(52)24-49)35(28-18-14-12-15-19-28)50-42(56)65-43(3,4)5)23-47(57)41(63-39(54)29-20-16-13-17-21-29)46(9)45(8,38(53)36(59-11)34(26)44(47,6)7)31(58-10)22-32-48(46,25-60-32)64-27(2)51/h13-14,16-21,30-32,35-37,41,57H,12,15,22-25,49H2,1-11H3,(H,50,56)/t30-,31-,32+,35-,36?,37+,41-,45?,46-,47?,48-/m0/s1. The molecule has 1 aromatic carbocycles. The lowest BCUT2D eigenvalue weighted by atomic mass is 9.38. The first-order chi connectivity index (χ1) is 30.4. The molecule has 65 heavy (non-hydrogen) atoms. The normalized spacial score (nSPS) is 33.5. The molecule has 1 saturated heterocycles. The van der Waals surface area contributed by atoms with Crippen LogP contribution in [-0.4, -0.2) is 128 Å². The Balaban J connectivity index is 1.58. The molecule has 11 atom stereocenters. The van der Waals surface area contributed by atoms with E-state index in [1.807, 2.05) is 6.08 Å². The molecule has 17 heteroatoms. The molecule has 3 fully saturated rings. The molecular formula is C48H64N2O15. The summed E-state index contributed by atoms with van der Waals surface area (Å²) in [6, 6.07) is 6.72. The third-order valence-electron chi connectivity index (χ3n) is 14.5. The SMILES string of the molecule is COC1C(=O)C2(C)[C@@H](OC)C[C@H]3OC[C@@]3(OC(C)=O)[C@@]2(C)[C@H](OC(=O)c2ccccc2)C2(O)C[C@H](OC(=O)[C@H](OC(=O)CN)[C@@H](NC(=O)OC(C)(C)C)C3=CCCC=C3)C(C)=C1C2(C)C. The summed E-state index contributed by atoms with van der Waals surface area (Å²) in [5.74, 6) is -4.26. The van der Waals surface area contributed by atoms with Gasteiger partial charge in [-0.2, -0.15) is 0 Å². The lowest BCUT2D eigenvalue weighted by Crippen LogP contribution is -2.86. The predicted octanol–water partition coefficient (Wildman–Crippen LogP) is 4.37. The van der Waals surface area contributed by atoms with Crippen molar-refractivity contribution in [2.75, 3.05) is 27.4 Å². The maximum Gasteiger partial charge on any atom is 0.408 e. The molecule has 4 N–H and O–H groups in total. The molecular weight excluding hydrogens is 845 g/mol. The van der Waals surface area contributed by atoms with Crippen molar-refractivity contribution in [2.45, 2.75) is 147 Å². The number of methoxy groups -OCH3 is 2. The van der Waals surface area contributed by atoms with Crippen molar-refractivity contribution in [1.29, 1.82) is 0 Å². The van der Waals surface area contributed by atoms with Gasteiger partial charge in [-0.05, 0) is 76.3 Å². The zero-order chi connectivity index (χ0) is 48.1. The Morgan fingerprint density at radius 2 is 1.68 bits per heavy atom. The van der Waals surface area contributed by atoms with Crippen LogP contribution in [0.3, 0.4) is 0 Å². The Morgan fingerprint density at radius 1 is 1.00 bits per heavy atom. The van der Waals surface area contributed by atoms with E-state index in [0.29, 0.717) is 24.0 Å². The first-order valence-electron chi connectivity index (χ1n) is 21.9. The molecule has 2 bridgehead atoms. The first-order valence-corrected chi connectivity index (χ1v) is 21.9. The van der Waals surface area contributed by atoms with Gasteiger partial charge in [0.15, 0.2) is 11.4 Å². The Kier molecular flexibility index (Phi) is 13.7. The Morgan fingerprint density at radius 3 is 2.22 bits per heavy atom. The van der Waals surface area contributed by atoms with Crippen molar-refractivity contribution >= 4 is 35.8 Å². The molecule has 6 rings (SSSR count). The van der Waals surface area contributed by atoms with Gasteiger partial charge >= 0.3 is 30.0 Å².